The Morgan fingerprint density at radius 3 is 2.65 bits per heavy atom. The zero-order valence-corrected chi connectivity index (χ0v) is 11.3. The van der Waals surface area contributed by atoms with E-state index in [1.807, 2.05) is 0 Å². The van der Waals surface area contributed by atoms with Crippen LogP contribution in [0.2, 0.25) is 0 Å². The molecule has 6 heteroatoms. The standard InChI is InChI=1S/C14H10F2N2OS/c1-19-9-3-4-11-13(7-9)18(14(20)17-11)12-5-2-8(15)6-10(12)16/h2-7H,1H3,(H,17,20). The maximum atomic E-state index is 14.0. The molecule has 2 aromatic carbocycles. The first-order chi connectivity index (χ1) is 9.60. The lowest BCUT2D eigenvalue weighted by Gasteiger charge is -2.07. The number of nitrogens with zero attached hydrogens (tertiary/aromatic N) is 1. The van der Waals surface area contributed by atoms with Gasteiger partial charge < -0.3 is 9.72 Å². The van der Waals surface area contributed by atoms with E-state index in [4.69, 9.17) is 17.0 Å². The number of hydrogen-bond acceptors (Lipinski definition) is 2. The molecule has 0 unspecified atom stereocenters. The molecule has 0 spiro atoms. The number of nitrogens with one attached hydrogen (secondary N) is 1. The summed E-state index contributed by atoms with van der Waals surface area (Å²) in [5, 5.41) is 0. The second-order valence-electron chi connectivity index (χ2n) is 4.24. The molecule has 0 fully saturated rings. The first-order valence-corrected chi connectivity index (χ1v) is 6.25. The number of imidazole rings is 1. The minimum absolute atomic E-state index is 0.191. The van der Waals surface area contributed by atoms with Crippen LogP contribution in [0, 0.1) is 16.4 Å². The maximum absolute atomic E-state index is 14.0. The Balaban J connectivity index is 2.34. The zero-order valence-electron chi connectivity index (χ0n) is 10.5. The maximum Gasteiger partial charge on any atom is 0.182 e. The van der Waals surface area contributed by atoms with Gasteiger partial charge in [0.2, 0.25) is 0 Å². The molecular formula is C14H10F2N2OS. The van der Waals surface area contributed by atoms with Crippen LogP contribution in [-0.2, 0) is 0 Å². The fraction of sp³-hybridized carbons (Fsp3) is 0.0714. The van der Waals surface area contributed by atoms with E-state index >= 15 is 0 Å². The van der Waals surface area contributed by atoms with Gasteiger partial charge in [0.15, 0.2) is 4.77 Å². The molecule has 0 saturated carbocycles. The van der Waals surface area contributed by atoms with E-state index in [0.717, 1.165) is 11.6 Å². The van der Waals surface area contributed by atoms with Crippen molar-refractivity contribution in [1.82, 2.24) is 9.55 Å². The summed E-state index contributed by atoms with van der Waals surface area (Å²) in [7, 11) is 1.55. The predicted octanol–water partition coefficient (Wildman–Crippen LogP) is 3.97. The number of methoxy groups -OCH3 is 1. The highest BCUT2D eigenvalue weighted by molar-refractivity contribution is 7.71. The molecular weight excluding hydrogens is 282 g/mol. The van der Waals surface area contributed by atoms with Crippen molar-refractivity contribution in [1.29, 1.82) is 0 Å². The van der Waals surface area contributed by atoms with E-state index in [9.17, 15) is 8.78 Å². The minimum atomic E-state index is -0.676. The third kappa shape index (κ3) is 1.98. The van der Waals surface area contributed by atoms with Crippen LogP contribution >= 0.6 is 12.2 Å². The van der Waals surface area contributed by atoms with Gasteiger partial charge in [-0.15, -0.1) is 0 Å². The normalized spacial score (nSPS) is 10.9. The van der Waals surface area contributed by atoms with Crippen LogP contribution in [0.4, 0.5) is 8.78 Å². The number of rotatable bonds is 2. The van der Waals surface area contributed by atoms with Gasteiger partial charge in [-0.3, -0.25) is 4.57 Å². The molecule has 0 aliphatic rings. The fourth-order valence-electron chi connectivity index (χ4n) is 2.11. The fourth-order valence-corrected chi connectivity index (χ4v) is 2.42. The van der Waals surface area contributed by atoms with Crippen LogP contribution in [-0.4, -0.2) is 16.7 Å². The number of H-pyrrole nitrogens is 1. The van der Waals surface area contributed by atoms with Crippen molar-refractivity contribution in [2.24, 2.45) is 0 Å². The van der Waals surface area contributed by atoms with Crippen molar-refractivity contribution in [3.63, 3.8) is 0 Å². The molecule has 0 atom stereocenters. The van der Waals surface area contributed by atoms with Gasteiger partial charge in [0.05, 0.1) is 23.8 Å². The highest BCUT2D eigenvalue weighted by Gasteiger charge is 2.12. The van der Waals surface area contributed by atoms with Gasteiger partial charge in [-0.25, -0.2) is 8.78 Å². The summed E-state index contributed by atoms with van der Waals surface area (Å²) >= 11 is 5.21. The number of fused-ring (bicyclic) bond motifs is 1. The summed E-state index contributed by atoms with van der Waals surface area (Å²) < 4.78 is 34.0. The van der Waals surface area contributed by atoms with Crippen LogP contribution in [0.15, 0.2) is 36.4 Å². The Labute approximate surface area is 118 Å². The number of hydrogen-bond donors (Lipinski definition) is 1. The number of halogens is 2. The lowest BCUT2D eigenvalue weighted by atomic mass is 10.2. The minimum Gasteiger partial charge on any atom is -0.497 e. The van der Waals surface area contributed by atoms with Gasteiger partial charge >= 0.3 is 0 Å². The quantitative estimate of drug-likeness (QED) is 0.724. The van der Waals surface area contributed by atoms with E-state index in [1.54, 1.807) is 25.3 Å². The smallest absolute Gasteiger partial charge is 0.182 e. The summed E-state index contributed by atoms with van der Waals surface area (Å²) in [6, 6.07) is 8.69. The van der Waals surface area contributed by atoms with Gasteiger partial charge in [-0.2, -0.15) is 0 Å². The zero-order chi connectivity index (χ0) is 14.3. The van der Waals surface area contributed by atoms with Crippen LogP contribution in [0.25, 0.3) is 16.7 Å². The summed E-state index contributed by atoms with van der Waals surface area (Å²) in [5.41, 5.74) is 1.61. The van der Waals surface area contributed by atoms with Crippen molar-refractivity contribution >= 4 is 23.3 Å². The molecule has 0 saturated heterocycles. The number of aromatic amines is 1. The molecule has 1 heterocycles. The SMILES string of the molecule is COc1ccc2[nH]c(=S)n(-c3ccc(F)cc3F)c2c1. The Kier molecular flexibility index (Phi) is 3.02. The third-order valence-electron chi connectivity index (χ3n) is 3.04. The first-order valence-electron chi connectivity index (χ1n) is 5.84. The Bertz CT molecular complexity index is 854. The van der Waals surface area contributed by atoms with Gasteiger partial charge in [0.1, 0.15) is 17.4 Å². The summed E-state index contributed by atoms with van der Waals surface area (Å²) in [5.74, 6) is -0.678. The molecule has 3 rings (SSSR count). The molecule has 20 heavy (non-hydrogen) atoms. The van der Waals surface area contributed by atoms with Gasteiger partial charge in [0, 0.05) is 12.1 Å². The lowest BCUT2D eigenvalue weighted by Crippen LogP contribution is -1.98. The van der Waals surface area contributed by atoms with E-state index in [2.05, 4.69) is 4.98 Å². The largest absolute Gasteiger partial charge is 0.497 e. The van der Waals surface area contributed by atoms with Crippen molar-refractivity contribution in [3.8, 4) is 11.4 Å². The molecule has 102 valence electrons. The average Bonchev–Trinajstić information content (AvgIpc) is 2.74. The Hall–Kier alpha value is -2.21. The third-order valence-corrected chi connectivity index (χ3v) is 3.33. The Morgan fingerprint density at radius 1 is 1.15 bits per heavy atom. The monoisotopic (exact) mass is 292 g/mol. The van der Waals surface area contributed by atoms with Gasteiger partial charge in [-0.1, -0.05) is 0 Å². The molecule has 3 aromatic rings. The predicted molar refractivity (Wildman–Crippen MR) is 74.9 cm³/mol. The first kappa shape index (κ1) is 12.8. The van der Waals surface area contributed by atoms with Crippen LogP contribution in [0.5, 0.6) is 5.75 Å². The van der Waals surface area contributed by atoms with Crippen LogP contribution in [0.3, 0.4) is 0 Å². The second kappa shape index (κ2) is 4.72. The Morgan fingerprint density at radius 2 is 1.95 bits per heavy atom. The van der Waals surface area contributed by atoms with Crippen LogP contribution in [0.1, 0.15) is 0 Å². The summed E-state index contributed by atoms with van der Waals surface area (Å²) in [6.07, 6.45) is 0. The summed E-state index contributed by atoms with van der Waals surface area (Å²) in [6.45, 7) is 0. The molecule has 0 bridgehead atoms. The highest BCUT2D eigenvalue weighted by atomic mass is 32.1. The molecule has 0 aliphatic heterocycles. The molecule has 0 amide bonds. The molecule has 0 aliphatic carbocycles. The van der Waals surface area contributed by atoms with E-state index in [0.29, 0.717) is 16.0 Å². The van der Waals surface area contributed by atoms with Gasteiger partial charge in [0.25, 0.3) is 0 Å². The molecule has 1 N–H and O–H groups in total. The number of benzene rings is 2. The van der Waals surface area contributed by atoms with Crippen molar-refractivity contribution in [3.05, 3.63) is 52.8 Å². The summed E-state index contributed by atoms with van der Waals surface area (Å²) in [4.78, 5) is 2.98. The lowest BCUT2D eigenvalue weighted by molar-refractivity contribution is 0.415. The topological polar surface area (TPSA) is 29.9 Å². The molecule has 1 aromatic heterocycles. The van der Waals surface area contributed by atoms with Crippen molar-refractivity contribution in [2.45, 2.75) is 0 Å². The van der Waals surface area contributed by atoms with Crippen molar-refractivity contribution in [2.75, 3.05) is 7.11 Å². The number of aromatic nitrogens is 2. The van der Waals surface area contributed by atoms with Crippen molar-refractivity contribution < 1.29 is 13.5 Å². The molecule has 3 nitrogen and oxygen atoms in total. The highest BCUT2D eigenvalue weighted by Crippen LogP contribution is 2.25. The number of ether oxygens (including phenoxy) is 1. The van der Waals surface area contributed by atoms with E-state index in [1.165, 1.54) is 16.7 Å². The van der Waals surface area contributed by atoms with Gasteiger partial charge in [-0.05, 0) is 36.5 Å². The second-order valence-corrected chi connectivity index (χ2v) is 4.63. The van der Waals surface area contributed by atoms with E-state index < -0.39 is 11.6 Å². The average molecular weight is 292 g/mol. The van der Waals surface area contributed by atoms with E-state index in [-0.39, 0.29) is 5.69 Å². The van der Waals surface area contributed by atoms with Crippen LogP contribution < -0.4 is 4.74 Å². The molecule has 0 radical (unpaired) electrons.